The summed E-state index contributed by atoms with van der Waals surface area (Å²) >= 11 is 4.19. The van der Waals surface area contributed by atoms with Crippen LogP contribution >= 0.6 is 27.3 Å². The summed E-state index contributed by atoms with van der Waals surface area (Å²) in [5.41, 5.74) is 5.95. The number of nitrogens with two attached hydrogens (primary N) is 1. The number of rotatable bonds is 5. The van der Waals surface area contributed by atoms with Crippen molar-refractivity contribution < 1.29 is 19.1 Å². The first-order valence-electron chi connectivity index (χ1n) is 6.85. The zero-order valence-electron chi connectivity index (χ0n) is 13.2. The Kier molecular flexibility index (Phi) is 5.40. The number of hydrogen-bond donors (Lipinski definition) is 2. The molecule has 3 N–H and O–H groups in total. The van der Waals surface area contributed by atoms with Gasteiger partial charge in [0.2, 0.25) is 0 Å². The molecule has 2 rings (SSSR count). The van der Waals surface area contributed by atoms with E-state index in [4.69, 9.17) is 10.5 Å². The second-order valence-electron chi connectivity index (χ2n) is 4.75. The van der Waals surface area contributed by atoms with Crippen LogP contribution in [0.1, 0.15) is 43.0 Å². The maximum absolute atomic E-state index is 12.4. The highest BCUT2D eigenvalue weighted by atomic mass is 79.9. The number of halogens is 1. The molecule has 0 spiro atoms. The Labute approximate surface area is 150 Å². The number of ether oxygens (including phenoxy) is 1. The molecule has 2 aromatic heterocycles. The molecule has 0 bridgehead atoms. The van der Waals surface area contributed by atoms with Gasteiger partial charge in [0.25, 0.3) is 11.8 Å². The van der Waals surface area contributed by atoms with E-state index in [1.165, 1.54) is 7.11 Å². The summed E-state index contributed by atoms with van der Waals surface area (Å²) in [7, 11) is 1.22. The summed E-state index contributed by atoms with van der Waals surface area (Å²) in [6, 6.07) is 0. The van der Waals surface area contributed by atoms with E-state index < -0.39 is 17.8 Å². The maximum atomic E-state index is 12.4. The molecule has 24 heavy (non-hydrogen) atoms. The number of methoxy groups -OCH3 is 1. The Bertz CT molecular complexity index is 827. The van der Waals surface area contributed by atoms with Crippen LogP contribution in [0, 0.1) is 6.92 Å². The third-order valence-corrected chi connectivity index (χ3v) is 5.05. The number of thiophene rings is 1. The Balaban J connectivity index is 2.42. The molecule has 2 amide bonds. The minimum atomic E-state index is -0.681. The van der Waals surface area contributed by atoms with Gasteiger partial charge in [-0.3, -0.25) is 14.3 Å². The molecule has 0 atom stereocenters. The lowest BCUT2D eigenvalue weighted by Crippen LogP contribution is -2.15. The highest BCUT2D eigenvalue weighted by Gasteiger charge is 2.26. The Hall–Kier alpha value is -2.20. The fourth-order valence-corrected chi connectivity index (χ4v) is 3.60. The van der Waals surface area contributed by atoms with E-state index in [2.05, 4.69) is 26.3 Å². The van der Waals surface area contributed by atoms with Gasteiger partial charge >= 0.3 is 5.97 Å². The summed E-state index contributed by atoms with van der Waals surface area (Å²) in [4.78, 5) is 36.1. The molecule has 0 aromatic carbocycles. The number of anilines is 1. The molecule has 0 saturated carbocycles. The van der Waals surface area contributed by atoms with Crippen LogP contribution < -0.4 is 11.1 Å². The molecular formula is C14H15BrN4O4S. The number of primary amides is 1. The van der Waals surface area contributed by atoms with Gasteiger partial charge in [-0.05, 0) is 35.3 Å². The van der Waals surface area contributed by atoms with Crippen molar-refractivity contribution in [2.24, 2.45) is 5.73 Å². The first-order chi connectivity index (χ1) is 11.3. The van der Waals surface area contributed by atoms with Gasteiger partial charge in [-0.2, -0.15) is 5.10 Å². The number of esters is 1. The summed E-state index contributed by atoms with van der Waals surface area (Å²) in [6.45, 7) is 4.06. The lowest BCUT2D eigenvalue weighted by molar-refractivity contribution is 0.0601. The smallest absolute Gasteiger partial charge is 0.341 e. The van der Waals surface area contributed by atoms with Gasteiger partial charge in [-0.1, -0.05) is 0 Å². The molecule has 2 aromatic rings. The average Bonchev–Trinajstić information content (AvgIpc) is 3.07. The van der Waals surface area contributed by atoms with Gasteiger partial charge < -0.3 is 15.8 Å². The van der Waals surface area contributed by atoms with Crippen molar-refractivity contribution in [1.29, 1.82) is 0 Å². The van der Waals surface area contributed by atoms with Crippen molar-refractivity contribution in [3.05, 3.63) is 32.4 Å². The third-order valence-electron chi connectivity index (χ3n) is 3.24. The molecule has 0 aliphatic rings. The molecule has 128 valence electrons. The molecule has 8 nitrogen and oxygen atoms in total. The van der Waals surface area contributed by atoms with Crippen LogP contribution in [0.4, 0.5) is 5.00 Å². The normalized spacial score (nSPS) is 10.5. The monoisotopic (exact) mass is 414 g/mol. The van der Waals surface area contributed by atoms with Crippen molar-refractivity contribution in [3.8, 4) is 0 Å². The Morgan fingerprint density at radius 3 is 2.62 bits per heavy atom. The average molecular weight is 415 g/mol. The molecule has 0 unspecified atom stereocenters. The minimum absolute atomic E-state index is 0.107. The standard InChI is InChI=1S/C14H15BrN4O4S/c1-4-19-5-7(15)9(18-19)12(21)17-13-8(14(22)23-3)6(2)10(24-13)11(16)20/h5H,4H2,1-3H3,(H2,16,20)(H,17,21). The summed E-state index contributed by atoms with van der Waals surface area (Å²) in [5.74, 6) is -1.86. The number of aromatic nitrogens is 2. The van der Waals surface area contributed by atoms with Crippen molar-refractivity contribution in [1.82, 2.24) is 9.78 Å². The fourth-order valence-electron chi connectivity index (χ4n) is 2.06. The van der Waals surface area contributed by atoms with E-state index in [1.807, 2.05) is 6.92 Å². The van der Waals surface area contributed by atoms with E-state index in [0.717, 1.165) is 11.3 Å². The van der Waals surface area contributed by atoms with Crippen LogP contribution in [0.3, 0.4) is 0 Å². The van der Waals surface area contributed by atoms with Gasteiger partial charge in [0.15, 0.2) is 5.69 Å². The van der Waals surface area contributed by atoms with Gasteiger partial charge in [0.05, 0.1) is 22.0 Å². The molecule has 0 aliphatic heterocycles. The van der Waals surface area contributed by atoms with Crippen LogP contribution in [0.5, 0.6) is 0 Å². The zero-order chi connectivity index (χ0) is 18.0. The minimum Gasteiger partial charge on any atom is -0.465 e. The first-order valence-corrected chi connectivity index (χ1v) is 8.46. The lowest BCUT2D eigenvalue weighted by Gasteiger charge is -2.05. The molecule has 2 heterocycles. The van der Waals surface area contributed by atoms with E-state index >= 15 is 0 Å². The van der Waals surface area contributed by atoms with Crippen LogP contribution in [0.2, 0.25) is 0 Å². The van der Waals surface area contributed by atoms with Crippen LogP contribution in [0.15, 0.2) is 10.7 Å². The van der Waals surface area contributed by atoms with Crippen molar-refractivity contribution in [2.75, 3.05) is 12.4 Å². The van der Waals surface area contributed by atoms with Crippen molar-refractivity contribution in [3.63, 3.8) is 0 Å². The largest absolute Gasteiger partial charge is 0.465 e. The number of carbonyl (C=O) groups excluding carboxylic acids is 3. The first kappa shape index (κ1) is 18.1. The second-order valence-corrected chi connectivity index (χ2v) is 6.63. The van der Waals surface area contributed by atoms with Gasteiger partial charge in [0.1, 0.15) is 5.00 Å². The Morgan fingerprint density at radius 1 is 1.46 bits per heavy atom. The molecule has 0 radical (unpaired) electrons. The van der Waals surface area contributed by atoms with Gasteiger partial charge in [-0.15, -0.1) is 11.3 Å². The molecule has 0 aliphatic carbocycles. The molecule has 0 saturated heterocycles. The molecule has 0 fully saturated rings. The lowest BCUT2D eigenvalue weighted by atomic mass is 10.1. The van der Waals surface area contributed by atoms with E-state index in [-0.39, 0.29) is 21.1 Å². The number of nitrogens with zero attached hydrogens (tertiary/aromatic N) is 2. The van der Waals surface area contributed by atoms with Crippen molar-refractivity contribution in [2.45, 2.75) is 20.4 Å². The second kappa shape index (κ2) is 7.14. The quantitative estimate of drug-likeness (QED) is 0.727. The number of nitrogens with one attached hydrogen (secondary N) is 1. The van der Waals surface area contributed by atoms with Crippen LogP contribution in [-0.4, -0.2) is 34.7 Å². The molecule has 10 heteroatoms. The topological polar surface area (TPSA) is 116 Å². The Morgan fingerprint density at radius 2 is 2.12 bits per heavy atom. The highest BCUT2D eigenvalue weighted by Crippen LogP contribution is 2.34. The van der Waals surface area contributed by atoms with Crippen LogP contribution in [0.25, 0.3) is 0 Å². The van der Waals surface area contributed by atoms with Gasteiger partial charge in [-0.25, -0.2) is 4.79 Å². The predicted octanol–water partition coefficient (Wildman–Crippen LogP) is 2.17. The molecular weight excluding hydrogens is 400 g/mol. The number of aryl methyl sites for hydroxylation is 1. The predicted molar refractivity (Wildman–Crippen MR) is 92.5 cm³/mol. The van der Waals surface area contributed by atoms with Crippen molar-refractivity contribution >= 4 is 50.1 Å². The third kappa shape index (κ3) is 3.34. The summed E-state index contributed by atoms with van der Waals surface area (Å²) < 4.78 is 6.83. The van der Waals surface area contributed by atoms with E-state index in [1.54, 1.807) is 17.8 Å². The van der Waals surface area contributed by atoms with Gasteiger partial charge in [0, 0.05) is 12.7 Å². The number of carbonyl (C=O) groups is 3. The maximum Gasteiger partial charge on any atom is 0.341 e. The number of amides is 2. The van der Waals surface area contributed by atoms with Crippen LogP contribution in [-0.2, 0) is 11.3 Å². The summed E-state index contributed by atoms with van der Waals surface area (Å²) in [6.07, 6.45) is 1.67. The SMILES string of the molecule is CCn1cc(Br)c(C(=O)Nc2sc(C(N)=O)c(C)c2C(=O)OC)n1. The number of hydrogen-bond acceptors (Lipinski definition) is 6. The highest BCUT2D eigenvalue weighted by molar-refractivity contribution is 9.10. The fraction of sp³-hybridized carbons (Fsp3) is 0.286. The summed E-state index contributed by atoms with van der Waals surface area (Å²) in [5, 5.41) is 6.93. The van der Waals surface area contributed by atoms with E-state index in [0.29, 0.717) is 16.6 Å². The zero-order valence-corrected chi connectivity index (χ0v) is 15.6. The van der Waals surface area contributed by atoms with E-state index in [9.17, 15) is 14.4 Å².